The average Bonchev–Trinajstić information content (AvgIpc) is 2.71. The molecule has 1 amide bonds. The molecule has 146 valence electrons. The summed E-state index contributed by atoms with van der Waals surface area (Å²) in [5, 5.41) is 0.939. The number of nitrogens with zero attached hydrogens (tertiary/aromatic N) is 1. The number of aryl methyl sites for hydroxylation is 1. The van der Waals surface area contributed by atoms with Crippen molar-refractivity contribution in [3.8, 4) is 5.75 Å². The van der Waals surface area contributed by atoms with Crippen molar-refractivity contribution in [3.05, 3.63) is 76.1 Å². The predicted molar refractivity (Wildman–Crippen MR) is 109 cm³/mol. The molecule has 2 aromatic carbocycles. The molecule has 28 heavy (non-hydrogen) atoms. The number of nitrogens with one attached hydrogen (secondary N) is 1. The lowest BCUT2D eigenvalue weighted by Crippen LogP contribution is -2.38. The predicted octanol–water partition coefficient (Wildman–Crippen LogP) is 2.89. The molecule has 0 bridgehead atoms. The lowest BCUT2D eigenvalue weighted by atomic mass is 10.1. The van der Waals surface area contributed by atoms with Crippen LogP contribution in [0.1, 0.15) is 11.1 Å². The van der Waals surface area contributed by atoms with Crippen LogP contribution in [0.15, 0.2) is 59.4 Å². The second-order valence-electron chi connectivity index (χ2n) is 6.57. The maximum atomic E-state index is 12.7. The minimum Gasteiger partial charge on any atom is -0.484 e. The molecule has 1 aromatic heterocycles. The summed E-state index contributed by atoms with van der Waals surface area (Å²) in [6.07, 6.45) is 0. The van der Waals surface area contributed by atoms with Crippen molar-refractivity contribution in [1.29, 1.82) is 0 Å². The Balaban J connectivity index is 1.78. The quantitative estimate of drug-likeness (QED) is 0.652. The van der Waals surface area contributed by atoms with Crippen LogP contribution in [0.2, 0.25) is 0 Å². The van der Waals surface area contributed by atoms with Crippen LogP contribution in [-0.2, 0) is 16.1 Å². The summed E-state index contributed by atoms with van der Waals surface area (Å²) in [5.74, 6) is 0.422. The first-order valence-electron chi connectivity index (χ1n) is 9.14. The van der Waals surface area contributed by atoms with Crippen LogP contribution in [0, 0.1) is 6.92 Å². The molecule has 0 aliphatic rings. The molecule has 0 radical (unpaired) electrons. The van der Waals surface area contributed by atoms with Crippen molar-refractivity contribution in [2.45, 2.75) is 13.5 Å². The van der Waals surface area contributed by atoms with E-state index in [1.165, 1.54) is 0 Å². The molecule has 0 aliphatic carbocycles. The van der Waals surface area contributed by atoms with Crippen LogP contribution in [0.25, 0.3) is 10.9 Å². The van der Waals surface area contributed by atoms with E-state index in [0.717, 1.165) is 16.5 Å². The number of H-pyrrole nitrogens is 1. The maximum absolute atomic E-state index is 12.7. The first kappa shape index (κ1) is 19.6. The number of aromatic nitrogens is 1. The zero-order valence-corrected chi connectivity index (χ0v) is 16.1. The van der Waals surface area contributed by atoms with Crippen molar-refractivity contribution in [3.63, 3.8) is 0 Å². The van der Waals surface area contributed by atoms with Crippen molar-refractivity contribution in [2.75, 3.05) is 26.9 Å². The number of amides is 1. The van der Waals surface area contributed by atoms with Crippen molar-refractivity contribution in [1.82, 2.24) is 9.88 Å². The average molecular weight is 380 g/mol. The Kier molecular flexibility index (Phi) is 6.45. The summed E-state index contributed by atoms with van der Waals surface area (Å²) in [4.78, 5) is 29.7. The molecular formula is C22H24N2O4. The van der Waals surface area contributed by atoms with Crippen LogP contribution in [0.5, 0.6) is 5.75 Å². The number of fused-ring (bicyclic) bond motifs is 1. The van der Waals surface area contributed by atoms with Gasteiger partial charge in [0.2, 0.25) is 0 Å². The lowest BCUT2D eigenvalue weighted by Gasteiger charge is -2.22. The van der Waals surface area contributed by atoms with Crippen LogP contribution in [0.4, 0.5) is 0 Å². The van der Waals surface area contributed by atoms with E-state index in [9.17, 15) is 9.59 Å². The number of carbonyl (C=O) groups is 1. The van der Waals surface area contributed by atoms with Gasteiger partial charge in [0.1, 0.15) is 5.75 Å². The number of aromatic amines is 1. The van der Waals surface area contributed by atoms with Crippen molar-refractivity contribution >= 4 is 16.8 Å². The van der Waals surface area contributed by atoms with Gasteiger partial charge in [-0.3, -0.25) is 9.59 Å². The highest BCUT2D eigenvalue weighted by atomic mass is 16.5. The van der Waals surface area contributed by atoms with Crippen molar-refractivity contribution in [2.24, 2.45) is 0 Å². The number of pyridine rings is 1. The fourth-order valence-corrected chi connectivity index (χ4v) is 3.00. The summed E-state index contributed by atoms with van der Waals surface area (Å²) in [5.41, 5.74) is 2.16. The summed E-state index contributed by atoms with van der Waals surface area (Å²) in [6.45, 7) is 2.80. The lowest BCUT2D eigenvalue weighted by molar-refractivity contribution is -0.134. The third kappa shape index (κ3) is 4.78. The maximum Gasteiger partial charge on any atom is 0.260 e. The van der Waals surface area contributed by atoms with Gasteiger partial charge in [0.25, 0.3) is 11.5 Å². The number of hydrogen-bond acceptors (Lipinski definition) is 4. The Morgan fingerprint density at radius 2 is 1.89 bits per heavy atom. The highest BCUT2D eigenvalue weighted by Gasteiger charge is 2.17. The monoisotopic (exact) mass is 380 g/mol. The van der Waals surface area contributed by atoms with E-state index in [4.69, 9.17) is 9.47 Å². The van der Waals surface area contributed by atoms with Crippen LogP contribution >= 0.6 is 0 Å². The van der Waals surface area contributed by atoms with Gasteiger partial charge in [-0.2, -0.15) is 0 Å². The molecule has 0 unspecified atom stereocenters. The molecule has 0 saturated heterocycles. The van der Waals surface area contributed by atoms with Gasteiger partial charge in [0, 0.05) is 19.2 Å². The number of carbonyl (C=O) groups excluding carboxylic acids is 1. The highest BCUT2D eigenvalue weighted by Crippen LogP contribution is 2.16. The number of ether oxygens (including phenoxy) is 2. The van der Waals surface area contributed by atoms with Gasteiger partial charge in [0.15, 0.2) is 6.61 Å². The topological polar surface area (TPSA) is 71.6 Å². The zero-order chi connectivity index (χ0) is 19.9. The van der Waals surface area contributed by atoms with Crippen molar-refractivity contribution < 1.29 is 14.3 Å². The highest BCUT2D eigenvalue weighted by molar-refractivity contribution is 5.82. The van der Waals surface area contributed by atoms with Gasteiger partial charge in [-0.15, -0.1) is 0 Å². The minimum atomic E-state index is -0.204. The first-order valence-corrected chi connectivity index (χ1v) is 9.14. The van der Waals surface area contributed by atoms with E-state index in [0.29, 0.717) is 24.5 Å². The number of rotatable bonds is 8. The van der Waals surface area contributed by atoms with E-state index >= 15 is 0 Å². The summed E-state index contributed by atoms with van der Waals surface area (Å²) in [6, 6.07) is 16.8. The smallest absolute Gasteiger partial charge is 0.260 e. The number of benzene rings is 2. The first-order chi connectivity index (χ1) is 13.6. The Morgan fingerprint density at radius 1 is 1.11 bits per heavy atom. The summed E-state index contributed by atoms with van der Waals surface area (Å²) >= 11 is 0. The Labute approximate surface area is 163 Å². The zero-order valence-electron chi connectivity index (χ0n) is 16.1. The van der Waals surface area contributed by atoms with Crippen LogP contribution in [-0.4, -0.2) is 42.7 Å². The molecule has 6 heteroatoms. The molecule has 3 rings (SSSR count). The molecule has 6 nitrogen and oxygen atoms in total. The van der Waals surface area contributed by atoms with Gasteiger partial charge in [-0.05, 0) is 36.1 Å². The molecule has 1 N–H and O–H groups in total. The van der Waals surface area contributed by atoms with Crippen LogP contribution < -0.4 is 10.3 Å². The fourth-order valence-electron chi connectivity index (χ4n) is 3.00. The molecule has 0 atom stereocenters. The second-order valence-corrected chi connectivity index (χ2v) is 6.57. The van der Waals surface area contributed by atoms with Gasteiger partial charge >= 0.3 is 0 Å². The van der Waals surface area contributed by atoms with Crippen LogP contribution in [0.3, 0.4) is 0 Å². The summed E-state index contributed by atoms with van der Waals surface area (Å²) in [7, 11) is 1.58. The largest absolute Gasteiger partial charge is 0.484 e. The minimum absolute atomic E-state index is 0.0989. The standard InChI is InChI=1S/C22H24N2O4/c1-16-7-6-8-17-13-18(22(26)23-21(16)17)14-24(11-12-27-2)20(25)15-28-19-9-4-3-5-10-19/h3-10,13H,11-12,14-15H2,1-2H3,(H,23,26). The Bertz CT molecular complexity index is 998. The molecule has 3 aromatic rings. The Morgan fingerprint density at radius 3 is 2.64 bits per heavy atom. The number of methoxy groups -OCH3 is 1. The van der Waals surface area contributed by atoms with E-state index in [2.05, 4.69) is 4.98 Å². The molecular weight excluding hydrogens is 356 g/mol. The van der Waals surface area contributed by atoms with E-state index < -0.39 is 0 Å². The Hall–Kier alpha value is -3.12. The third-order valence-corrected chi connectivity index (χ3v) is 4.55. The molecule has 0 saturated carbocycles. The number of para-hydroxylation sites is 2. The number of hydrogen-bond donors (Lipinski definition) is 1. The van der Waals surface area contributed by atoms with E-state index in [1.54, 1.807) is 24.1 Å². The SMILES string of the molecule is COCCN(Cc1cc2cccc(C)c2[nH]c1=O)C(=O)COc1ccccc1. The second kappa shape index (κ2) is 9.19. The molecule has 0 fully saturated rings. The molecule has 1 heterocycles. The van der Waals surface area contributed by atoms with E-state index in [-0.39, 0.29) is 24.6 Å². The normalized spacial score (nSPS) is 10.8. The fraction of sp³-hybridized carbons (Fsp3) is 0.273. The van der Waals surface area contributed by atoms with Gasteiger partial charge in [-0.25, -0.2) is 0 Å². The van der Waals surface area contributed by atoms with Gasteiger partial charge < -0.3 is 19.4 Å². The van der Waals surface area contributed by atoms with E-state index in [1.807, 2.05) is 49.4 Å². The summed E-state index contributed by atoms with van der Waals surface area (Å²) < 4.78 is 10.7. The van der Waals surface area contributed by atoms with Gasteiger partial charge in [0.05, 0.1) is 18.7 Å². The van der Waals surface area contributed by atoms with Gasteiger partial charge in [-0.1, -0.05) is 36.4 Å². The molecule has 0 spiro atoms. The molecule has 0 aliphatic heterocycles. The third-order valence-electron chi connectivity index (χ3n) is 4.55.